The van der Waals surface area contributed by atoms with Crippen molar-refractivity contribution >= 4 is 11.6 Å². The zero-order valence-corrected chi connectivity index (χ0v) is 16.8. The number of carbonyl (C=O) groups excluding carboxylic acids is 1. The number of piperazine rings is 1. The van der Waals surface area contributed by atoms with Gasteiger partial charge in [-0.15, -0.1) is 0 Å². The second-order valence-electron chi connectivity index (χ2n) is 7.51. The van der Waals surface area contributed by atoms with Gasteiger partial charge in [-0.25, -0.2) is 0 Å². The number of rotatable bonds is 7. The van der Waals surface area contributed by atoms with Crippen LogP contribution >= 0.6 is 0 Å². The Morgan fingerprint density at radius 1 is 1.07 bits per heavy atom. The fourth-order valence-electron chi connectivity index (χ4n) is 3.56. The number of hydrogen-bond acceptors (Lipinski definition) is 4. The summed E-state index contributed by atoms with van der Waals surface area (Å²) in [7, 11) is 0. The maximum absolute atomic E-state index is 12.1. The Bertz CT molecular complexity index is 854. The lowest BCUT2D eigenvalue weighted by atomic mass is 10.2. The number of nitrogens with zero attached hydrogens (tertiary/aromatic N) is 2. The molecule has 6 nitrogen and oxygen atoms in total. The molecule has 0 aliphatic carbocycles. The van der Waals surface area contributed by atoms with E-state index in [1.807, 2.05) is 0 Å². The molecule has 2 N–H and O–H groups in total. The predicted molar refractivity (Wildman–Crippen MR) is 113 cm³/mol. The van der Waals surface area contributed by atoms with E-state index in [2.05, 4.69) is 51.3 Å². The van der Waals surface area contributed by atoms with Gasteiger partial charge in [0.15, 0.2) is 0 Å². The Labute approximate surface area is 166 Å². The molecule has 0 spiro atoms. The second-order valence-corrected chi connectivity index (χ2v) is 7.51. The Hall–Kier alpha value is -2.60. The molecule has 1 aromatic heterocycles. The number of carbonyl (C=O) groups is 1. The van der Waals surface area contributed by atoms with Crippen molar-refractivity contribution in [2.75, 3.05) is 44.2 Å². The number of unbranched alkanes of at least 4 members (excludes halogenated alkanes) is 1. The maximum atomic E-state index is 12.1. The van der Waals surface area contributed by atoms with Gasteiger partial charge in [-0.05, 0) is 63.1 Å². The van der Waals surface area contributed by atoms with Crippen LogP contribution in [0.3, 0.4) is 0 Å². The van der Waals surface area contributed by atoms with Crippen molar-refractivity contribution in [2.45, 2.75) is 26.7 Å². The van der Waals surface area contributed by atoms with Gasteiger partial charge in [-0.1, -0.05) is 12.1 Å². The van der Waals surface area contributed by atoms with Crippen molar-refractivity contribution < 1.29 is 4.79 Å². The molecule has 1 aromatic carbocycles. The number of H-pyrrole nitrogens is 1. The van der Waals surface area contributed by atoms with E-state index in [1.54, 1.807) is 19.1 Å². The predicted octanol–water partition coefficient (Wildman–Crippen LogP) is 2.32. The molecule has 6 heteroatoms. The van der Waals surface area contributed by atoms with E-state index in [0.717, 1.165) is 51.3 Å². The highest BCUT2D eigenvalue weighted by molar-refractivity contribution is 5.93. The van der Waals surface area contributed by atoms with E-state index >= 15 is 0 Å². The Balaban J connectivity index is 1.33. The number of aromatic nitrogens is 1. The first-order valence-corrected chi connectivity index (χ1v) is 10.0. The van der Waals surface area contributed by atoms with Crippen molar-refractivity contribution in [1.29, 1.82) is 0 Å². The topological polar surface area (TPSA) is 68.4 Å². The maximum Gasteiger partial charge on any atom is 0.260 e. The van der Waals surface area contributed by atoms with Crippen LogP contribution in [0.1, 0.15) is 34.5 Å². The van der Waals surface area contributed by atoms with Crippen LogP contribution in [0.25, 0.3) is 0 Å². The normalized spacial score (nSPS) is 14.9. The van der Waals surface area contributed by atoms with E-state index in [4.69, 9.17) is 0 Å². The quantitative estimate of drug-likeness (QED) is 0.721. The number of anilines is 1. The standard InChI is InChI=1S/C22H30N4O2/c1-17-6-5-7-19(16-17)26-14-12-25(13-15-26)11-4-3-10-23-21(27)20-9-8-18(2)24-22(20)28/h5-9,16H,3-4,10-15H2,1-2H3,(H,23,27)(H,24,28). The van der Waals surface area contributed by atoms with Gasteiger partial charge in [-0.3, -0.25) is 14.5 Å². The molecule has 1 amide bonds. The van der Waals surface area contributed by atoms with Crippen LogP contribution in [0.5, 0.6) is 0 Å². The fraction of sp³-hybridized carbons (Fsp3) is 0.455. The van der Waals surface area contributed by atoms with Gasteiger partial charge in [-0.2, -0.15) is 0 Å². The molecule has 1 aliphatic rings. The largest absolute Gasteiger partial charge is 0.369 e. The number of hydrogen-bond donors (Lipinski definition) is 2. The second kappa shape index (κ2) is 9.55. The Morgan fingerprint density at radius 2 is 1.86 bits per heavy atom. The molecule has 2 heterocycles. The van der Waals surface area contributed by atoms with Crippen LogP contribution < -0.4 is 15.8 Å². The summed E-state index contributed by atoms with van der Waals surface area (Å²) in [6, 6.07) is 12.0. The molecule has 3 rings (SSSR count). The number of aryl methyl sites for hydroxylation is 2. The molecule has 0 unspecified atom stereocenters. The first kappa shape index (κ1) is 20.1. The van der Waals surface area contributed by atoms with E-state index in [-0.39, 0.29) is 17.0 Å². The molecule has 150 valence electrons. The molecular weight excluding hydrogens is 352 g/mol. The lowest BCUT2D eigenvalue weighted by Gasteiger charge is -2.36. The molecule has 0 atom stereocenters. The van der Waals surface area contributed by atoms with E-state index in [1.165, 1.54) is 11.3 Å². The van der Waals surface area contributed by atoms with Gasteiger partial charge >= 0.3 is 0 Å². The van der Waals surface area contributed by atoms with Crippen LogP contribution in [-0.2, 0) is 0 Å². The molecule has 28 heavy (non-hydrogen) atoms. The van der Waals surface area contributed by atoms with Crippen molar-refractivity contribution in [1.82, 2.24) is 15.2 Å². The number of benzene rings is 1. The van der Waals surface area contributed by atoms with Crippen molar-refractivity contribution in [3.05, 3.63) is 63.6 Å². The van der Waals surface area contributed by atoms with E-state index in [9.17, 15) is 9.59 Å². The molecule has 0 radical (unpaired) electrons. The van der Waals surface area contributed by atoms with Crippen molar-refractivity contribution in [2.24, 2.45) is 0 Å². The third kappa shape index (κ3) is 5.45. The summed E-state index contributed by atoms with van der Waals surface area (Å²) >= 11 is 0. The summed E-state index contributed by atoms with van der Waals surface area (Å²) in [5.41, 5.74) is 3.22. The van der Waals surface area contributed by atoms with Gasteiger partial charge in [0.2, 0.25) is 0 Å². The third-order valence-electron chi connectivity index (χ3n) is 5.23. The lowest BCUT2D eigenvalue weighted by molar-refractivity contribution is 0.0951. The van der Waals surface area contributed by atoms with Crippen LogP contribution in [0.2, 0.25) is 0 Å². The smallest absolute Gasteiger partial charge is 0.260 e. The summed E-state index contributed by atoms with van der Waals surface area (Å²) in [6.07, 6.45) is 1.95. The van der Waals surface area contributed by atoms with Gasteiger partial charge in [0.05, 0.1) is 0 Å². The lowest BCUT2D eigenvalue weighted by Crippen LogP contribution is -2.46. The fourth-order valence-corrected chi connectivity index (χ4v) is 3.56. The minimum absolute atomic E-state index is 0.179. The summed E-state index contributed by atoms with van der Waals surface area (Å²) in [5.74, 6) is -0.298. The van der Waals surface area contributed by atoms with Gasteiger partial charge in [0, 0.05) is 44.1 Å². The molecule has 1 saturated heterocycles. The first-order valence-electron chi connectivity index (χ1n) is 10.0. The summed E-state index contributed by atoms with van der Waals surface area (Å²) in [6.45, 7) is 9.81. The number of pyridine rings is 1. The SMILES string of the molecule is Cc1cccc(N2CCN(CCCCNC(=O)c3ccc(C)[nH]c3=O)CC2)c1. The minimum atomic E-state index is -0.330. The first-order chi connectivity index (χ1) is 13.5. The van der Waals surface area contributed by atoms with Crippen LogP contribution in [0, 0.1) is 13.8 Å². The zero-order valence-electron chi connectivity index (χ0n) is 16.8. The molecular formula is C22H30N4O2. The number of amides is 1. The summed E-state index contributed by atoms with van der Waals surface area (Å²) < 4.78 is 0. The van der Waals surface area contributed by atoms with Crippen LogP contribution in [0.15, 0.2) is 41.2 Å². The zero-order chi connectivity index (χ0) is 19.9. The third-order valence-corrected chi connectivity index (χ3v) is 5.23. The van der Waals surface area contributed by atoms with Gasteiger partial charge in [0.1, 0.15) is 5.56 Å². The molecule has 1 aliphatic heterocycles. The van der Waals surface area contributed by atoms with E-state index < -0.39 is 0 Å². The van der Waals surface area contributed by atoms with E-state index in [0.29, 0.717) is 6.54 Å². The Kier molecular flexibility index (Phi) is 6.87. The molecule has 1 fully saturated rings. The highest BCUT2D eigenvalue weighted by Crippen LogP contribution is 2.17. The molecule has 0 bridgehead atoms. The van der Waals surface area contributed by atoms with Crippen LogP contribution in [-0.4, -0.2) is 55.1 Å². The minimum Gasteiger partial charge on any atom is -0.369 e. The molecule has 2 aromatic rings. The monoisotopic (exact) mass is 382 g/mol. The summed E-state index contributed by atoms with van der Waals surface area (Å²) in [4.78, 5) is 31.5. The Morgan fingerprint density at radius 3 is 2.57 bits per heavy atom. The average molecular weight is 383 g/mol. The van der Waals surface area contributed by atoms with Gasteiger partial charge in [0.25, 0.3) is 11.5 Å². The number of nitrogens with one attached hydrogen (secondary N) is 2. The highest BCUT2D eigenvalue weighted by atomic mass is 16.2. The summed E-state index contributed by atoms with van der Waals surface area (Å²) in [5, 5.41) is 2.85. The highest BCUT2D eigenvalue weighted by Gasteiger charge is 2.17. The number of aromatic amines is 1. The molecule has 0 saturated carbocycles. The van der Waals surface area contributed by atoms with Gasteiger partial charge < -0.3 is 15.2 Å². The van der Waals surface area contributed by atoms with Crippen LogP contribution in [0.4, 0.5) is 5.69 Å². The van der Waals surface area contributed by atoms with Crippen molar-refractivity contribution in [3.8, 4) is 0 Å². The average Bonchev–Trinajstić information content (AvgIpc) is 2.68. The van der Waals surface area contributed by atoms with Crippen molar-refractivity contribution in [3.63, 3.8) is 0 Å².